The minimum Gasteiger partial charge on any atom is -0.396 e. The van der Waals surface area contributed by atoms with Gasteiger partial charge in [-0.15, -0.1) is 0 Å². The third-order valence-electron chi connectivity index (χ3n) is 6.19. The first-order chi connectivity index (χ1) is 9.64. The van der Waals surface area contributed by atoms with Crippen LogP contribution in [0.2, 0.25) is 0 Å². The van der Waals surface area contributed by atoms with E-state index in [1.54, 1.807) is 7.11 Å². The molecular weight excluding hydrogens is 260 g/mol. The number of ether oxygens (including phenoxy) is 1. The van der Waals surface area contributed by atoms with Gasteiger partial charge in [0.2, 0.25) is 0 Å². The van der Waals surface area contributed by atoms with Gasteiger partial charge < -0.3 is 25.2 Å². The maximum Gasteiger partial charge on any atom is 0.0996 e. The van der Waals surface area contributed by atoms with Crippen molar-refractivity contribution in [2.75, 3.05) is 33.5 Å². The predicted octanol–water partition coefficient (Wildman–Crippen LogP) is 0.298. The van der Waals surface area contributed by atoms with Crippen LogP contribution in [0, 0.1) is 16.7 Å². The molecule has 0 bridgehead atoms. The van der Waals surface area contributed by atoms with Crippen LogP contribution >= 0.6 is 0 Å². The fraction of sp³-hybridized carbons (Fsp3) is 1.00. The van der Waals surface area contributed by atoms with Gasteiger partial charge in [0, 0.05) is 37.1 Å². The average molecular weight is 288 g/mol. The van der Waals surface area contributed by atoms with Crippen molar-refractivity contribution in [1.82, 2.24) is 0 Å². The van der Waals surface area contributed by atoms with E-state index in [9.17, 15) is 20.4 Å². The van der Waals surface area contributed by atoms with Gasteiger partial charge in [-0.3, -0.25) is 0 Å². The number of aliphatic hydroxyl groups excluding tert-OH is 4. The summed E-state index contributed by atoms with van der Waals surface area (Å²) in [5.41, 5.74) is -2.14. The molecule has 5 heteroatoms. The van der Waals surface area contributed by atoms with Crippen LogP contribution in [-0.4, -0.2) is 59.6 Å². The number of hydrogen-bond donors (Lipinski definition) is 4. The van der Waals surface area contributed by atoms with E-state index < -0.39 is 16.4 Å². The highest BCUT2D eigenvalue weighted by Gasteiger charge is 2.82. The van der Waals surface area contributed by atoms with Gasteiger partial charge in [-0.1, -0.05) is 25.7 Å². The molecule has 5 nitrogen and oxygen atoms in total. The fourth-order valence-electron chi connectivity index (χ4n) is 5.00. The maximum atomic E-state index is 10.1. The monoisotopic (exact) mass is 288 g/mol. The minimum absolute atomic E-state index is 0.0795. The Labute approximate surface area is 120 Å². The highest BCUT2D eigenvalue weighted by molar-refractivity contribution is 5.28. The molecule has 0 spiro atoms. The van der Waals surface area contributed by atoms with E-state index in [2.05, 4.69) is 0 Å². The second-order valence-corrected chi connectivity index (χ2v) is 6.45. The van der Waals surface area contributed by atoms with Crippen LogP contribution in [0.4, 0.5) is 0 Å². The quantitative estimate of drug-likeness (QED) is 0.584. The lowest BCUT2D eigenvalue weighted by Crippen LogP contribution is -2.51. The Morgan fingerprint density at radius 2 is 1.55 bits per heavy atom. The average Bonchev–Trinajstić information content (AvgIpc) is 3.08. The summed E-state index contributed by atoms with van der Waals surface area (Å²) in [7, 11) is 1.56. The van der Waals surface area contributed by atoms with Gasteiger partial charge in [0.05, 0.1) is 18.8 Å². The molecule has 2 aliphatic carbocycles. The van der Waals surface area contributed by atoms with Gasteiger partial charge in [-0.2, -0.15) is 0 Å². The summed E-state index contributed by atoms with van der Waals surface area (Å²) >= 11 is 0. The first-order valence-corrected chi connectivity index (χ1v) is 7.63. The molecule has 0 radical (unpaired) electrons. The minimum atomic E-state index is -0.873. The summed E-state index contributed by atoms with van der Waals surface area (Å²) in [6.45, 7) is -0.536. The number of rotatable bonds is 5. The van der Waals surface area contributed by atoms with Crippen molar-refractivity contribution in [3.63, 3.8) is 0 Å². The summed E-state index contributed by atoms with van der Waals surface area (Å²) < 4.78 is 5.69. The molecule has 4 atom stereocenters. The smallest absolute Gasteiger partial charge is 0.0996 e. The molecule has 2 fully saturated rings. The SMILES string of the molecule is CO[C@@]1(CO)CCCCCC[C@@]2(CO)[C@@H](CO)[C@]12CO. The molecule has 0 aromatic rings. The summed E-state index contributed by atoms with van der Waals surface area (Å²) in [5.74, 6) is -0.213. The van der Waals surface area contributed by atoms with E-state index in [0.29, 0.717) is 6.42 Å². The molecule has 0 heterocycles. The standard InChI is InChI=1S/C15H28O5/c1-20-14(10-18)7-5-3-2-4-6-13(9-17)12(8-16)15(13,14)11-19/h12,16-19H,2-11H2,1H3/t12-,13-,14-,15+/m1/s1. The van der Waals surface area contributed by atoms with Crippen LogP contribution in [0.5, 0.6) is 0 Å². The van der Waals surface area contributed by atoms with E-state index in [1.807, 2.05) is 0 Å². The molecule has 20 heavy (non-hydrogen) atoms. The normalized spacial score (nSPS) is 45.1. The Hall–Kier alpha value is -0.200. The lowest BCUT2D eigenvalue weighted by Gasteiger charge is -2.41. The van der Waals surface area contributed by atoms with E-state index in [-0.39, 0.29) is 32.3 Å². The first-order valence-electron chi connectivity index (χ1n) is 7.63. The molecule has 2 saturated carbocycles. The van der Waals surface area contributed by atoms with Gasteiger partial charge in [0.1, 0.15) is 0 Å². The molecule has 0 amide bonds. The summed E-state index contributed by atoms with van der Waals surface area (Å²) in [5, 5.41) is 39.8. The zero-order valence-corrected chi connectivity index (χ0v) is 12.3. The number of hydrogen-bond acceptors (Lipinski definition) is 5. The van der Waals surface area contributed by atoms with Gasteiger partial charge in [-0.05, 0) is 12.8 Å². The lowest BCUT2D eigenvalue weighted by atomic mass is 9.74. The van der Waals surface area contributed by atoms with Crippen molar-refractivity contribution in [2.45, 2.75) is 44.1 Å². The largest absolute Gasteiger partial charge is 0.396 e. The van der Waals surface area contributed by atoms with Gasteiger partial charge >= 0.3 is 0 Å². The second-order valence-electron chi connectivity index (χ2n) is 6.45. The fourth-order valence-corrected chi connectivity index (χ4v) is 5.00. The topological polar surface area (TPSA) is 90.2 Å². The number of fused-ring (bicyclic) bond motifs is 1. The molecule has 0 saturated heterocycles. The van der Waals surface area contributed by atoms with Crippen LogP contribution in [0.15, 0.2) is 0 Å². The lowest BCUT2D eigenvalue weighted by molar-refractivity contribution is -0.144. The molecule has 0 aromatic carbocycles. The zero-order valence-electron chi connectivity index (χ0n) is 12.3. The first kappa shape index (κ1) is 16.2. The molecule has 2 rings (SSSR count). The van der Waals surface area contributed by atoms with Crippen LogP contribution in [0.25, 0.3) is 0 Å². The van der Waals surface area contributed by atoms with Crippen molar-refractivity contribution in [2.24, 2.45) is 16.7 Å². The third kappa shape index (κ3) is 1.80. The molecular formula is C15H28O5. The highest BCUT2D eigenvalue weighted by Crippen LogP contribution is 2.76. The number of aliphatic hydroxyl groups is 4. The van der Waals surface area contributed by atoms with Gasteiger partial charge in [0.15, 0.2) is 0 Å². The predicted molar refractivity (Wildman–Crippen MR) is 74.1 cm³/mol. The van der Waals surface area contributed by atoms with E-state index in [1.165, 1.54) is 0 Å². The highest BCUT2D eigenvalue weighted by atomic mass is 16.5. The number of methoxy groups -OCH3 is 1. The Bertz CT molecular complexity index is 330. The Morgan fingerprint density at radius 1 is 0.900 bits per heavy atom. The molecule has 2 aliphatic rings. The molecule has 118 valence electrons. The van der Waals surface area contributed by atoms with E-state index in [4.69, 9.17) is 4.74 Å². The summed E-state index contributed by atoms with van der Waals surface area (Å²) in [6, 6.07) is 0. The van der Waals surface area contributed by atoms with Gasteiger partial charge in [-0.25, -0.2) is 0 Å². The van der Waals surface area contributed by atoms with Crippen LogP contribution in [-0.2, 0) is 4.74 Å². The molecule has 0 aromatic heterocycles. The maximum absolute atomic E-state index is 10.1. The van der Waals surface area contributed by atoms with E-state index >= 15 is 0 Å². The van der Waals surface area contributed by atoms with Crippen LogP contribution in [0.1, 0.15) is 38.5 Å². The zero-order chi connectivity index (χ0) is 14.9. The van der Waals surface area contributed by atoms with Gasteiger partial charge in [0.25, 0.3) is 0 Å². The Balaban J connectivity index is 2.48. The third-order valence-corrected chi connectivity index (χ3v) is 6.19. The second kappa shape index (κ2) is 5.89. The Morgan fingerprint density at radius 3 is 2.00 bits per heavy atom. The molecule has 4 N–H and O–H groups in total. The van der Waals surface area contributed by atoms with Crippen molar-refractivity contribution in [1.29, 1.82) is 0 Å². The molecule has 0 unspecified atom stereocenters. The van der Waals surface area contributed by atoms with Crippen LogP contribution < -0.4 is 0 Å². The van der Waals surface area contributed by atoms with Crippen LogP contribution in [0.3, 0.4) is 0 Å². The molecule has 0 aliphatic heterocycles. The summed E-state index contributed by atoms with van der Waals surface area (Å²) in [4.78, 5) is 0. The Kier molecular flexibility index (Phi) is 4.76. The van der Waals surface area contributed by atoms with Crippen molar-refractivity contribution < 1.29 is 25.2 Å². The van der Waals surface area contributed by atoms with Crippen molar-refractivity contribution >= 4 is 0 Å². The van der Waals surface area contributed by atoms with E-state index in [0.717, 1.165) is 32.1 Å². The van der Waals surface area contributed by atoms with Crippen molar-refractivity contribution in [3.05, 3.63) is 0 Å². The summed E-state index contributed by atoms with van der Waals surface area (Å²) in [6.07, 6.45) is 5.46. The van der Waals surface area contributed by atoms with Crippen molar-refractivity contribution in [3.8, 4) is 0 Å².